The minimum absolute atomic E-state index is 0.00620. The van der Waals surface area contributed by atoms with Gasteiger partial charge >= 0.3 is 0 Å². The quantitative estimate of drug-likeness (QED) is 0.328. The van der Waals surface area contributed by atoms with Gasteiger partial charge in [-0.3, -0.25) is 9.59 Å². The Morgan fingerprint density at radius 2 is 1.64 bits per heavy atom. The third kappa shape index (κ3) is 5.65. The Bertz CT molecular complexity index is 1190. The zero-order valence-corrected chi connectivity index (χ0v) is 18.0. The molecule has 7 nitrogen and oxygen atoms in total. The topological polar surface area (TPSA) is 89.0 Å². The Morgan fingerprint density at radius 1 is 0.939 bits per heavy atom. The van der Waals surface area contributed by atoms with E-state index < -0.39 is 11.8 Å². The highest BCUT2D eigenvalue weighted by atomic mass is 16.7. The van der Waals surface area contributed by atoms with Crippen LogP contribution in [0.5, 0.6) is 11.5 Å². The highest BCUT2D eigenvalue weighted by Crippen LogP contribution is 2.33. The van der Waals surface area contributed by atoms with Crippen molar-refractivity contribution < 1.29 is 19.1 Å². The van der Waals surface area contributed by atoms with Gasteiger partial charge in [-0.05, 0) is 41.5 Å². The highest BCUT2D eigenvalue weighted by molar-refractivity contribution is 6.05. The first-order valence-corrected chi connectivity index (χ1v) is 10.5. The number of hydrogen-bond donors (Lipinski definition) is 2. The molecule has 7 heteroatoms. The number of amides is 2. The number of rotatable bonds is 7. The number of nitrogens with one attached hydrogen (secondary N) is 2. The average molecular weight is 441 g/mol. The van der Waals surface area contributed by atoms with Gasteiger partial charge in [-0.1, -0.05) is 61.5 Å². The lowest BCUT2D eigenvalue weighted by molar-refractivity contribution is -0.117. The van der Waals surface area contributed by atoms with E-state index in [4.69, 9.17) is 9.47 Å². The van der Waals surface area contributed by atoms with Crippen molar-refractivity contribution in [1.29, 1.82) is 0 Å². The van der Waals surface area contributed by atoms with Gasteiger partial charge in [-0.2, -0.15) is 5.10 Å². The van der Waals surface area contributed by atoms with Crippen LogP contribution in [0.1, 0.15) is 34.3 Å². The van der Waals surface area contributed by atoms with E-state index in [1.54, 1.807) is 54.8 Å². The van der Waals surface area contributed by atoms with Crippen LogP contribution in [0, 0.1) is 0 Å². The van der Waals surface area contributed by atoms with Crippen LogP contribution in [0.15, 0.2) is 89.7 Å². The second-order valence-corrected chi connectivity index (χ2v) is 7.41. The molecule has 166 valence electrons. The van der Waals surface area contributed by atoms with Crippen LogP contribution in [-0.2, 0) is 4.79 Å². The minimum Gasteiger partial charge on any atom is -0.454 e. The molecule has 0 saturated heterocycles. The Labute approximate surface area is 191 Å². The van der Waals surface area contributed by atoms with E-state index in [1.807, 2.05) is 43.3 Å². The molecule has 0 aromatic heterocycles. The highest BCUT2D eigenvalue weighted by Gasteiger charge is 2.17. The van der Waals surface area contributed by atoms with Gasteiger partial charge in [-0.25, -0.2) is 5.43 Å². The Morgan fingerprint density at radius 3 is 2.39 bits per heavy atom. The Hall–Kier alpha value is -4.39. The number of carbonyl (C=O) groups is 2. The first-order valence-electron chi connectivity index (χ1n) is 10.5. The van der Waals surface area contributed by atoms with Gasteiger partial charge in [0.1, 0.15) is 5.70 Å². The number of hydrogen-bond acceptors (Lipinski definition) is 5. The summed E-state index contributed by atoms with van der Waals surface area (Å²) in [6.07, 6.45) is 3.21. The van der Waals surface area contributed by atoms with Crippen LogP contribution in [0.4, 0.5) is 0 Å². The summed E-state index contributed by atoms with van der Waals surface area (Å²) >= 11 is 0. The maximum atomic E-state index is 12.9. The van der Waals surface area contributed by atoms with Crippen molar-refractivity contribution in [2.45, 2.75) is 12.8 Å². The van der Waals surface area contributed by atoms with E-state index in [9.17, 15) is 9.59 Å². The van der Waals surface area contributed by atoms with Crippen molar-refractivity contribution >= 4 is 24.1 Å². The lowest BCUT2D eigenvalue weighted by atomic mass is 10.0. The summed E-state index contributed by atoms with van der Waals surface area (Å²) in [6.45, 7) is 2.13. The molecule has 0 radical (unpaired) electrons. The summed E-state index contributed by atoms with van der Waals surface area (Å²) in [4.78, 5) is 25.6. The molecule has 33 heavy (non-hydrogen) atoms. The zero-order valence-electron chi connectivity index (χ0n) is 18.0. The number of ether oxygens (including phenoxy) is 2. The standard InChI is InChI=1S/C26H23N3O4/c1-18(20-8-4-2-5-9-20)16-27-29-26(31)22(28-25(30)21-10-6-3-7-11-21)14-19-12-13-23-24(15-19)33-17-32-23/h2-16,18H,17H2,1H3,(H,28,30)(H,29,31). The van der Waals surface area contributed by atoms with Crippen LogP contribution in [0.25, 0.3) is 6.08 Å². The van der Waals surface area contributed by atoms with Crippen molar-refractivity contribution in [2.24, 2.45) is 5.10 Å². The predicted molar refractivity (Wildman–Crippen MR) is 126 cm³/mol. The molecule has 1 aliphatic rings. The lowest BCUT2D eigenvalue weighted by Crippen LogP contribution is -2.32. The molecular formula is C26H23N3O4. The van der Waals surface area contributed by atoms with E-state index in [2.05, 4.69) is 15.8 Å². The molecule has 0 saturated carbocycles. The summed E-state index contributed by atoms with van der Waals surface area (Å²) < 4.78 is 10.7. The molecule has 2 amide bonds. The molecule has 0 bridgehead atoms. The van der Waals surface area contributed by atoms with Crippen molar-refractivity contribution in [3.63, 3.8) is 0 Å². The van der Waals surface area contributed by atoms with Crippen LogP contribution in [0.2, 0.25) is 0 Å². The third-order valence-electron chi connectivity index (χ3n) is 5.03. The van der Waals surface area contributed by atoms with Crippen molar-refractivity contribution in [2.75, 3.05) is 6.79 Å². The Kier molecular flexibility index (Phi) is 6.80. The summed E-state index contributed by atoms with van der Waals surface area (Å²) in [7, 11) is 0. The molecule has 1 atom stereocenters. The maximum absolute atomic E-state index is 12.9. The lowest BCUT2D eigenvalue weighted by Gasteiger charge is -2.10. The van der Waals surface area contributed by atoms with Crippen LogP contribution in [0.3, 0.4) is 0 Å². The molecule has 1 unspecified atom stereocenters. The van der Waals surface area contributed by atoms with Crippen LogP contribution >= 0.6 is 0 Å². The van der Waals surface area contributed by atoms with Gasteiger partial charge in [0.05, 0.1) is 0 Å². The molecular weight excluding hydrogens is 418 g/mol. The van der Waals surface area contributed by atoms with Crippen LogP contribution in [-0.4, -0.2) is 24.8 Å². The van der Waals surface area contributed by atoms with E-state index >= 15 is 0 Å². The minimum atomic E-state index is -0.548. The molecule has 1 heterocycles. The Balaban J connectivity index is 1.53. The summed E-state index contributed by atoms with van der Waals surface area (Å²) in [5.41, 5.74) is 4.73. The first-order chi connectivity index (χ1) is 16.1. The first kappa shape index (κ1) is 21.8. The van der Waals surface area contributed by atoms with E-state index in [0.29, 0.717) is 22.6 Å². The van der Waals surface area contributed by atoms with Gasteiger partial charge in [0.15, 0.2) is 11.5 Å². The summed E-state index contributed by atoms with van der Waals surface area (Å²) in [5, 5.41) is 6.77. The number of fused-ring (bicyclic) bond motifs is 1. The zero-order chi connectivity index (χ0) is 23.0. The fraction of sp³-hybridized carbons (Fsp3) is 0.115. The van der Waals surface area contributed by atoms with E-state index in [-0.39, 0.29) is 18.4 Å². The molecule has 0 spiro atoms. The summed E-state index contributed by atoms with van der Waals surface area (Å²) in [5.74, 6) is 0.262. The van der Waals surface area contributed by atoms with Gasteiger partial charge in [0.2, 0.25) is 6.79 Å². The fourth-order valence-corrected chi connectivity index (χ4v) is 3.22. The van der Waals surface area contributed by atoms with E-state index in [1.165, 1.54) is 0 Å². The van der Waals surface area contributed by atoms with Gasteiger partial charge in [0, 0.05) is 17.7 Å². The van der Waals surface area contributed by atoms with Crippen molar-refractivity contribution in [1.82, 2.24) is 10.7 Å². The van der Waals surface area contributed by atoms with Gasteiger partial charge in [-0.15, -0.1) is 0 Å². The second-order valence-electron chi connectivity index (χ2n) is 7.41. The molecule has 0 aliphatic carbocycles. The summed E-state index contributed by atoms with van der Waals surface area (Å²) in [6, 6.07) is 23.8. The number of hydrazone groups is 1. The molecule has 0 fully saturated rings. The van der Waals surface area contributed by atoms with Gasteiger partial charge < -0.3 is 14.8 Å². The molecule has 3 aromatic rings. The van der Waals surface area contributed by atoms with E-state index in [0.717, 1.165) is 5.56 Å². The van der Waals surface area contributed by atoms with Crippen molar-refractivity contribution in [3.05, 3.63) is 101 Å². The second kappa shape index (κ2) is 10.3. The molecule has 2 N–H and O–H groups in total. The molecule has 4 rings (SSSR count). The number of carbonyl (C=O) groups excluding carboxylic acids is 2. The normalized spacial score (nSPS) is 13.5. The third-order valence-corrected chi connectivity index (χ3v) is 5.03. The smallest absolute Gasteiger partial charge is 0.287 e. The fourth-order valence-electron chi connectivity index (χ4n) is 3.22. The average Bonchev–Trinajstić information content (AvgIpc) is 3.32. The van der Waals surface area contributed by atoms with Crippen LogP contribution < -0.4 is 20.2 Å². The maximum Gasteiger partial charge on any atom is 0.287 e. The number of nitrogens with zero attached hydrogens (tertiary/aromatic N) is 1. The SMILES string of the molecule is CC(C=NNC(=O)C(=Cc1ccc2c(c1)OCO2)NC(=O)c1ccccc1)c1ccccc1. The number of benzene rings is 3. The molecule has 3 aromatic carbocycles. The largest absolute Gasteiger partial charge is 0.454 e. The van der Waals surface area contributed by atoms with Gasteiger partial charge in [0.25, 0.3) is 11.8 Å². The monoisotopic (exact) mass is 441 g/mol. The predicted octanol–water partition coefficient (Wildman–Crippen LogP) is 4.09. The van der Waals surface area contributed by atoms with Crippen molar-refractivity contribution in [3.8, 4) is 11.5 Å². The molecule has 1 aliphatic heterocycles.